The van der Waals surface area contributed by atoms with Crippen LogP contribution in [0.25, 0.3) is 0 Å². The number of carbonyl (C=O) groups is 1. The van der Waals surface area contributed by atoms with Gasteiger partial charge in [-0.1, -0.05) is 11.6 Å². The van der Waals surface area contributed by atoms with E-state index in [9.17, 15) is 4.79 Å². The van der Waals surface area contributed by atoms with Crippen LogP contribution in [-0.4, -0.2) is 51.7 Å². The molecule has 7 heteroatoms. The van der Waals surface area contributed by atoms with Crippen LogP contribution in [0.3, 0.4) is 0 Å². The molecule has 1 saturated carbocycles. The third-order valence-corrected chi connectivity index (χ3v) is 3.79. The monoisotopic (exact) mass is 310 g/mol. The maximum absolute atomic E-state index is 12.2. The molecule has 1 aliphatic carbocycles. The van der Waals surface area contributed by atoms with Gasteiger partial charge in [0.2, 0.25) is 5.95 Å². The molecule has 1 amide bonds. The lowest BCUT2D eigenvalue weighted by Crippen LogP contribution is -2.50. The number of nitrogens with zero attached hydrogens (tertiary/aromatic N) is 4. The lowest BCUT2D eigenvalue weighted by Gasteiger charge is -2.35. The van der Waals surface area contributed by atoms with Gasteiger partial charge < -0.3 is 14.5 Å². The Bertz CT molecular complexity index is 543. The molecule has 3 rings (SSSR count). The van der Waals surface area contributed by atoms with E-state index < -0.39 is 5.60 Å². The summed E-state index contributed by atoms with van der Waals surface area (Å²) in [5, 5.41) is 0.526. The summed E-state index contributed by atoms with van der Waals surface area (Å²) in [4.78, 5) is 24.7. The van der Waals surface area contributed by atoms with Gasteiger partial charge in [0.15, 0.2) is 0 Å². The fourth-order valence-corrected chi connectivity index (χ4v) is 2.73. The van der Waals surface area contributed by atoms with Crippen LogP contribution in [0, 0.1) is 0 Å². The van der Waals surface area contributed by atoms with Crippen molar-refractivity contribution in [1.82, 2.24) is 14.9 Å². The van der Waals surface area contributed by atoms with Crippen LogP contribution >= 0.6 is 11.6 Å². The first-order chi connectivity index (χ1) is 9.85. The van der Waals surface area contributed by atoms with Crippen LogP contribution in [-0.2, 0) is 4.74 Å². The van der Waals surface area contributed by atoms with Crippen molar-refractivity contribution in [2.75, 3.05) is 18.0 Å². The van der Waals surface area contributed by atoms with Crippen molar-refractivity contribution in [2.24, 2.45) is 0 Å². The Labute approximate surface area is 129 Å². The summed E-state index contributed by atoms with van der Waals surface area (Å²) >= 11 is 5.81. The number of carbonyl (C=O) groups excluding carboxylic acids is 1. The predicted octanol–water partition coefficient (Wildman–Crippen LogP) is 2.33. The summed E-state index contributed by atoms with van der Waals surface area (Å²) in [7, 11) is 0. The van der Waals surface area contributed by atoms with Gasteiger partial charge in [-0.15, -0.1) is 0 Å². The van der Waals surface area contributed by atoms with Gasteiger partial charge in [0.05, 0.1) is 29.5 Å². The number of halogens is 1. The number of anilines is 1. The van der Waals surface area contributed by atoms with Crippen LogP contribution in [0.2, 0.25) is 5.02 Å². The number of aromatic nitrogens is 2. The van der Waals surface area contributed by atoms with E-state index in [1.165, 1.54) is 0 Å². The zero-order valence-corrected chi connectivity index (χ0v) is 13.2. The Morgan fingerprint density at radius 2 is 1.95 bits per heavy atom. The largest absolute Gasteiger partial charge is 0.444 e. The molecular weight excluding hydrogens is 292 g/mol. The molecule has 0 spiro atoms. The highest BCUT2D eigenvalue weighted by atomic mass is 35.5. The van der Waals surface area contributed by atoms with Crippen molar-refractivity contribution in [3.63, 3.8) is 0 Å². The molecule has 2 atom stereocenters. The fraction of sp³-hybridized carbons (Fsp3) is 0.643. The van der Waals surface area contributed by atoms with Gasteiger partial charge in [0, 0.05) is 13.1 Å². The molecule has 0 bridgehead atoms. The average molecular weight is 311 g/mol. The zero-order chi connectivity index (χ0) is 15.2. The van der Waals surface area contributed by atoms with Gasteiger partial charge in [0.1, 0.15) is 5.60 Å². The fourth-order valence-electron chi connectivity index (χ4n) is 2.64. The molecule has 0 radical (unpaired) electrons. The predicted molar refractivity (Wildman–Crippen MR) is 79.5 cm³/mol. The minimum absolute atomic E-state index is 0.202. The summed E-state index contributed by atoms with van der Waals surface area (Å²) in [6, 6.07) is 0.486. The minimum Gasteiger partial charge on any atom is -0.444 e. The Morgan fingerprint density at radius 3 is 2.57 bits per heavy atom. The molecule has 1 aromatic heterocycles. The van der Waals surface area contributed by atoms with E-state index in [1.807, 2.05) is 25.7 Å². The van der Waals surface area contributed by atoms with Crippen LogP contribution in [0.4, 0.5) is 10.7 Å². The molecule has 0 N–H and O–H groups in total. The van der Waals surface area contributed by atoms with Crippen LogP contribution in [0.15, 0.2) is 12.4 Å². The number of fused-ring (bicyclic) bond motifs is 1. The normalized spacial score (nSPS) is 24.6. The summed E-state index contributed by atoms with van der Waals surface area (Å²) in [5.41, 5.74) is -0.460. The summed E-state index contributed by atoms with van der Waals surface area (Å²) in [5.74, 6) is 0.677. The van der Waals surface area contributed by atoms with Crippen molar-refractivity contribution in [3.8, 4) is 0 Å². The van der Waals surface area contributed by atoms with Gasteiger partial charge in [0.25, 0.3) is 0 Å². The maximum Gasteiger partial charge on any atom is 0.410 e. The first-order valence-corrected chi connectivity index (χ1v) is 7.47. The van der Waals surface area contributed by atoms with Gasteiger partial charge >= 0.3 is 6.09 Å². The average Bonchev–Trinajstić information content (AvgIpc) is 3.16. The van der Waals surface area contributed by atoms with Crippen molar-refractivity contribution >= 4 is 23.6 Å². The van der Waals surface area contributed by atoms with Gasteiger partial charge in [-0.2, -0.15) is 0 Å². The second-order valence-electron chi connectivity index (χ2n) is 6.44. The Balaban J connectivity index is 1.65. The van der Waals surface area contributed by atoms with Crippen LogP contribution in [0.1, 0.15) is 27.2 Å². The number of hydrogen-bond donors (Lipinski definition) is 0. The SMILES string of the molecule is CC(C)(C)OC(=O)N1CCN(c2ncc(Cl)cn2)C2CC21. The van der Waals surface area contributed by atoms with E-state index in [-0.39, 0.29) is 18.2 Å². The molecule has 114 valence electrons. The lowest BCUT2D eigenvalue weighted by atomic mass is 10.2. The van der Waals surface area contributed by atoms with Crippen molar-refractivity contribution in [3.05, 3.63) is 17.4 Å². The van der Waals surface area contributed by atoms with Crippen LogP contribution in [0.5, 0.6) is 0 Å². The number of piperazine rings is 1. The molecule has 2 unspecified atom stereocenters. The van der Waals surface area contributed by atoms with E-state index in [0.29, 0.717) is 24.1 Å². The summed E-state index contributed by atoms with van der Waals surface area (Å²) in [6.45, 7) is 6.98. The van der Waals surface area contributed by atoms with E-state index >= 15 is 0 Å². The molecule has 21 heavy (non-hydrogen) atoms. The van der Waals surface area contributed by atoms with E-state index in [4.69, 9.17) is 16.3 Å². The summed E-state index contributed by atoms with van der Waals surface area (Å²) in [6.07, 6.45) is 3.90. The zero-order valence-electron chi connectivity index (χ0n) is 12.4. The molecule has 6 nitrogen and oxygen atoms in total. The molecule has 1 aromatic rings. The molecular formula is C14H19ClN4O2. The highest BCUT2D eigenvalue weighted by Gasteiger charge is 2.52. The molecule has 1 saturated heterocycles. The van der Waals surface area contributed by atoms with E-state index in [2.05, 4.69) is 14.9 Å². The molecule has 2 aliphatic rings. The summed E-state index contributed by atoms with van der Waals surface area (Å²) < 4.78 is 5.45. The van der Waals surface area contributed by atoms with Gasteiger partial charge in [-0.3, -0.25) is 0 Å². The first-order valence-electron chi connectivity index (χ1n) is 7.09. The van der Waals surface area contributed by atoms with Crippen molar-refractivity contribution < 1.29 is 9.53 Å². The highest BCUT2D eigenvalue weighted by molar-refractivity contribution is 6.30. The van der Waals surface area contributed by atoms with E-state index in [1.54, 1.807) is 12.4 Å². The topological polar surface area (TPSA) is 58.6 Å². The molecule has 0 aromatic carbocycles. The smallest absolute Gasteiger partial charge is 0.410 e. The van der Waals surface area contributed by atoms with Crippen molar-refractivity contribution in [1.29, 1.82) is 0 Å². The number of hydrogen-bond acceptors (Lipinski definition) is 5. The first kappa shape index (κ1) is 14.4. The van der Waals surface area contributed by atoms with Crippen LogP contribution < -0.4 is 4.90 Å². The molecule has 1 aliphatic heterocycles. The van der Waals surface area contributed by atoms with Gasteiger partial charge in [-0.25, -0.2) is 14.8 Å². The quantitative estimate of drug-likeness (QED) is 0.797. The third kappa shape index (κ3) is 3.05. The highest BCUT2D eigenvalue weighted by Crippen LogP contribution is 2.38. The molecule has 2 heterocycles. The number of rotatable bonds is 1. The van der Waals surface area contributed by atoms with Crippen molar-refractivity contribution in [2.45, 2.75) is 44.9 Å². The minimum atomic E-state index is -0.460. The second-order valence-corrected chi connectivity index (χ2v) is 6.88. The van der Waals surface area contributed by atoms with E-state index in [0.717, 1.165) is 6.42 Å². The Kier molecular flexibility index (Phi) is 3.43. The lowest BCUT2D eigenvalue weighted by molar-refractivity contribution is 0.0218. The second kappa shape index (κ2) is 5.02. The molecule has 2 fully saturated rings. The Morgan fingerprint density at radius 1 is 1.29 bits per heavy atom. The Hall–Kier alpha value is -1.56. The number of amides is 1. The number of ether oxygens (including phenoxy) is 1. The van der Waals surface area contributed by atoms with Gasteiger partial charge in [-0.05, 0) is 27.2 Å². The standard InChI is InChI=1S/C14H19ClN4O2/c1-14(2,3)21-13(20)19-5-4-18(10-6-11(10)19)12-16-7-9(15)8-17-12/h7-8,10-11H,4-6H2,1-3H3. The maximum atomic E-state index is 12.2. The third-order valence-electron chi connectivity index (χ3n) is 3.60.